The van der Waals surface area contributed by atoms with Crippen LogP contribution in [-0.4, -0.2) is 25.8 Å². The molecule has 78 valence electrons. The molecule has 0 unspecified atom stereocenters. The largest absolute Gasteiger partial charge is 0.276 e. The van der Waals surface area contributed by atoms with Gasteiger partial charge >= 0.3 is 0 Å². The first-order valence-corrected chi connectivity index (χ1v) is 6.16. The van der Waals surface area contributed by atoms with E-state index in [0.29, 0.717) is 13.1 Å². The number of hydrogen-bond donors (Lipinski definition) is 1. The highest BCUT2D eigenvalue weighted by Gasteiger charge is 2.55. The summed E-state index contributed by atoms with van der Waals surface area (Å²) in [5.74, 6) is 0.144. The molecule has 0 aromatic carbocycles. The second-order valence-electron chi connectivity index (χ2n) is 4.19. The van der Waals surface area contributed by atoms with Crippen molar-refractivity contribution in [2.24, 2.45) is 16.5 Å². The highest BCUT2D eigenvalue weighted by atomic mass is 32.2. The van der Waals surface area contributed by atoms with Crippen molar-refractivity contribution >= 4 is 10.2 Å². The second kappa shape index (κ2) is 2.92. The molecule has 2 N–H and O–H groups in total. The minimum Gasteiger partial charge on any atom is -0.216 e. The van der Waals surface area contributed by atoms with Gasteiger partial charge in [-0.3, -0.25) is 0 Å². The first kappa shape index (κ1) is 9.90. The fourth-order valence-corrected chi connectivity index (χ4v) is 2.96. The van der Waals surface area contributed by atoms with Gasteiger partial charge in [0, 0.05) is 13.1 Å². The number of piperidine rings is 1. The Morgan fingerprint density at radius 1 is 1.43 bits per heavy atom. The van der Waals surface area contributed by atoms with Crippen LogP contribution >= 0.6 is 0 Å². The SMILES string of the molecule is N#C[C@@H]1CC12CCN(S(N)(=O)=O)CC2. The molecular formula is C8H13N3O2S. The zero-order chi connectivity index (χ0) is 10.4. The predicted molar refractivity (Wildman–Crippen MR) is 50.1 cm³/mol. The number of nitriles is 1. The van der Waals surface area contributed by atoms with Gasteiger partial charge < -0.3 is 0 Å². The van der Waals surface area contributed by atoms with E-state index in [0.717, 1.165) is 19.3 Å². The van der Waals surface area contributed by atoms with Crippen molar-refractivity contribution in [3.8, 4) is 6.07 Å². The highest BCUT2D eigenvalue weighted by molar-refractivity contribution is 7.86. The van der Waals surface area contributed by atoms with Crippen LogP contribution in [0.2, 0.25) is 0 Å². The minimum absolute atomic E-state index is 0.121. The van der Waals surface area contributed by atoms with Crippen molar-refractivity contribution in [2.45, 2.75) is 19.3 Å². The molecule has 1 spiro atoms. The average molecular weight is 215 g/mol. The van der Waals surface area contributed by atoms with Crippen molar-refractivity contribution in [3.05, 3.63) is 0 Å². The van der Waals surface area contributed by atoms with Crippen LogP contribution in [0.5, 0.6) is 0 Å². The van der Waals surface area contributed by atoms with E-state index in [1.807, 2.05) is 0 Å². The summed E-state index contributed by atoms with van der Waals surface area (Å²) in [4.78, 5) is 0. The van der Waals surface area contributed by atoms with Gasteiger partial charge in [-0.25, -0.2) is 5.14 Å². The molecule has 0 bridgehead atoms. The lowest BCUT2D eigenvalue weighted by Crippen LogP contribution is -2.43. The van der Waals surface area contributed by atoms with E-state index >= 15 is 0 Å². The molecule has 0 aromatic rings. The molecule has 1 aliphatic carbocycles. The normalized spacial score (nSPS) is 31.3. The molecule has 2 aliphatic rings. The molecule has 2 fully saturated rings. The van der Waals surface area contributed by atoms with E-state index in [1.165, 1.54) is 4.31 Å². The van der Waals surface area contributed by atoms with Crippen LogP contribution in [0, 0.1) is 22.7 Å². The third-order valence-corrected chi connectivity index (χ3v) is 4.51. The predicted octanol–water partition coefficient (Wildman–Crippen LogP) is -0.184. The lowest BCUT2D eigenvalue weighted by Gasteiger charge is -2.29. The zero-order valence-corrected chi connectivity index (χ0v) is 8.63. The second-order valence-corrected chi connectivity index (χ2v) is 5.74. The van der Waals surface area contributed by atoms with Crippen LogP contribution in [0.4, 0.5) is 0 Å². The Morgan fingerprint density at radius 2 is 2.00 bits per heavy atom. The summed E-state index contributed by atoms with van der Waals surface area (Å²) < 4.78 is 23.3. The van der Waals surface area contributed by atoms with E-state index in [1.54, 1.807) is 0 Å². The Morgan fingerprint density at radius 3 is 2.36 bits per heavy atom. The van der Waals surface area contributed by atoms with Gasteiger partial charge in [0.25, 0.3) is 10.2 Å². The summed E-state index contributed by atoms with van der Waals surface area (Å²) in [5.41, 5.74) is 0.121. The third-order valence-electron chi connectivity index (χ3n) is 3.42. The molecule has 1 aliphatic heterocycles. The van der Waals surface area contributed by atoms with Crippen molar-refractivity contribution in [2.75, 3.05) is 13.1 Å². The highest BCUT2D eigenvalue weighted by Crippen LogP contribution is 2.58. The summed E-state index contributed by atoms with van der Waals surface area (Å²) in [6.45, 7) is 0.939. The van der Waals surface area contributed by atoms with E-state index in [2.05, 4.69) is 6.07 Å². The maximum Gasteiger partial charge on any atom is 0.276 e. The monoisotopic (exact) mass is 215 g/mol. The number of nitrogens with two attached hydrogens (primary N) is 1. The lowest BCUT2D eigenvalue weighted by molar-refractivity contribution is 0.249. The number of nitrogens with zero attached hydrogens (tertiary/aromatic N) is 2. The Bertz CT molecular complexity index is 376. The Kier molecular flexibility index (Phi) is 2.07. The van der Waals surface area contributed by atoms with Crippen LogP contribution in [0.3, 0.4) is 0 Å². The Balaban J connectivity index is 1.98. The topological polar surface area (TPSA) is 87.2 Å². The van der Waals surface area contributed by atoms with Gasteiger partial charge in [0.2, 0.25) is 0 Å². The molecule has 1 atom stereocenters. The molecule has 14 heavy (non-hydrogen) atoms. The van der Waals surface area contributed by atoms with Crippen molar-refractivity contribution < 1.29 is 8.42 Å². The van der Waals surface area contributed by atoms with Crippen molar-refractivity contribution in [3.63, 3.8) is 0 Å². The lowest BCUT2D eigenvalue weighted by atomic mass is 9.92. The van der Waals surface area contributed by atoms with Crippen LogP contribution in [0.15, 0.2) is 0 Å². The maximum atomic E-state index is 11.0. The fraction of sp³-hybridized carbons (Fsp3) is 0.875. The van der Waals surface area contributed by atoms with Crippen LogP contribution in [0.1, 0.15) is 19.3 Å². The summed E-state index contributed by atoms with van der Waals surface area (Å²) in [5, 5.41) is 13.8. The van der Waals surface area contributed by atoms with E-state index in [-0.39, 0.29) is 11.3 Å². The van der Waals surface area contributed by atoms with Gasteiger partial charge in [0.05, 0.1) is 12.0 Å². The smallest absolute Gasteiger partial charge is 0.216 e. The molecule has 1 saturated heterocycles. The van der Waals surface area contributed by atoms with Gasteiger partial charge in [-0.05, 0) is 24.7 Å². The minimum atomic E-state index is -3.52. The molecule has 6 heteroatoms. The summed E-state index contributed by atoms with van der Waals surface area (Å²) in [6.07, 6.45) is 2.49. The number of rotatable bonds is 1. The standard InChI is InChI=1S/C8H13N3O2S/c9-6-7-5-8(7)1-3-11(4-2-8)14(10,12)13/h7H,1-5H2,(H2,10,12,13)/t7-/m0/s1. The van der Waals surface area contributed by atoms with Crippen LogP contribution in [0.25, 0.3) is 0 Å². The summed E-state index contributed by atoms with van der Waals surface area (Å²) in [7, 11) is -3.52. The van der Waals surface area contributed by atoms with E-state index in [4.69, 9.17) is 10.4 Å². The molecule has 2 rings (SSSR count). The molecule has 5 nitrogen and oxygen atoms in total. The first-order valence-electron chi connectivity index (χ1n) is 4.65. The van der Waals surface area contributed by atoms with Crippen LogP contribution in [-0.2, 0) is 10.2 Å². The van der Waals surface area contributed by atoms with Gasteiger partial charge in [-0.1, -0.05) is 0 Å². The van der Waals surface area contributed by atoms with E-state index < -0.39 is 10.2 Å². The van der Waals surface area contributed by atoms with Crippen molar-refractivity contribution in [1.82, 2.24) is 4.31 Å². The first-order chi connectivity index (χ1) is 6.48. The average Bonchev–Trinajstić information content (AvgIpc) is 2.78. The molecule has 0 radical (unpaired) electrons. The quantitative estimate of drug-likeness (QED) is 0.658. The summed E-state index contributed by atoms with van der Waals surface area (Å²) in [6, 6.07) is 2.25. The molecule has 0 aromatic heterocycles. The fourth-order valence-electron chi connectivity index (χ4n) is 2.27. The van der Waals surface area contributed by atoms with E-state index in [9.17, 15) is 8.42 Å². The van der Waals surface area contributed by atoms with Gasteiger partial charge in [-0.15, -0.1) is 0 Å². The van der Waals surface area contributed by atoms with Gasteiger partial charge in [0.1, 0.15) is 0 Å². The van der Waals surface area contributed by atoms with Gasteiger partial charge in [0.15, 0.2) is 0 Å². The Labute approximate surface area is 83.7 Å². The molecule has 0 amide bonds. The van der Waals surface area contributed by atoms with Crippen molar-refractivity contribution in [1.29, 1.82) is 5.26 Å². The van der Waals surface area contributed by atoms with Gasteiger partial charge in [-0.2, -0.15) is 18.0 Å². The Hall–Kier alpha value is -0.640. The van der Waals surface area contributed by atoms with Crippen LogP contribution < -0.4 is 5.14 Å². The molecular weight excluding hydrogens is 202 g/mol. The molecule has 1 heterocycles. The maximum absolute atomic E-state index is 11.0. The molecule has 1 saturated carbocycles. The third kappa shape index (κ3) is 1.52. The summed E-state index contributed by atoms with van der Waals surface area (Å²) >= 11 is 0. The zero-order valence-electron chi connectivity index (χ0n) is 7.81. The number of hydrogen-bond acceptors (Lipinski definition) is 3.